The molecule has 1 aromatic heterocycles. The topological polar surface area (TPSA) is 114 Å². The van der Waals surface area contributed by atoms with Crippen LogP contribution in [0.4, 0.5) is 5.69 Å². The standard InChI is InChI=1S/C25H24N4O4S2/c1-3-21-28-29-25(35-21)22-23(31)19(34-24(22)26)13-15-10-11-17(18(12-15)32-4-2)33-14-20(30)27-16-8-6-5-7-9-16/h5-13,22,26H,3-4,14H2,1-2H3,(H,27,30)/b19-13-,26-24?/t22-/m1/s1. The number of benzene rings is 2. The lowest BCUT2D eigenvalue weighted by Gasteiger charge is -2.13. The third-order valence-corrected chi connectivity index (χ3v) is 7.13. The fourth-order valence-corrected chi connectivity index (χ4v) is 5.31. The van der Waals surface area contributed by atoms with E-state index in [0.717, 1.165) is 28.8 Å². The Kier molecular flexibility index (Phi) is 7.94. The normalized spacial score (nSPS) is 16.5. The summed E-state index contributed by atoms with van der Waals surface area (Å²) in [5, 5.41) is 20.9. The van der Waals surface area contributed by atoms with Gasteiger partial charge in [0.1, 0.15) is 15.9 Å². The van der Waals surface area contributed by atoms with E-state index >= 15 is 0 Å². The smallest absolute Gasteiger partial charge is 0.262 e. The Labute approximate surface area is 211 Å². The molecule has 2 N–H and O–H groups in total. The highest BCUT2D eigenvalue weighted by Crippen LogP contribution is 2.42. The van der Waals surface area contributed by atoms with Gasteiger partial charge in [0, 0.05) is 5.69 Å². The quantitative estimate of drug-likeness (QED) is 0.394. The van der Waals surface area contributed by atoms with Crippen LogP contribution in [0.3, 0.4) is 0 Å². The van der Waals surface area contributed by atoms with E-state index in [-0.39, 0.29) is 23.3 Å². The van der Waals surface area contributed by atoms with Crippen LogP contribution in [0.5, 0.6) is 11.5 Å². The van der Waals surface area contributed by atoms with Crippen LogP contribution in [0, 0.1) is 5.41 Å². The minimum Gasteiger partial charge on any atom is -0.490 e. The maximum atomic E-state index is 13.0. The number of para-hydroxylation sites is 1. The van der Waals surface area contributed by atoms with Crippen LogP contribution < -0.4 is 14.8 Å². The molecular formula is C25H24N4O4S2. The van der Waals surface area contributed by atoms with Crippen molar-refractivity contribution in [2.75, 3.05) is 18.5 Å². The highest BCUT2D eigenvalue weighted by Gasteiger charge is 2.39. The van der Waals surface area contributed by atoms with Gasteiger partial charge in [0.25, 0.3) is 5.91 Å². The number of allylic oxidation sites excluding steroid dienone is 1. The molecule has 0 saturated carbocycles. The number of aromatic nitrogens is 2. The van der Waals surface area contributed by atoms with Crippen LogP contribution in [-0.2, 0) is 16.0 Å². The summed E-state index contributed by atoms with van der Waals surface area (Å²) in [5.41, 5.74) is 1.42. The van der Waals surface area contributed by atoms with Crippen LogP contribution in [0.15, 0.2) is 53.4 Å². The average molecular weight is 509 g/mol. The molecule has 35 heavy (non-hydrogen) atoms. The first-order valence-corrected chi connectivity index (χ1v) is 12.7. The van der Waals surface area contributed by atoms with Crippen molar-refractivity contribution in [3.8, 4) is 11.5 Å². The Bertz CT molecular complexity index is 1270. The molecular weight excluding hydrogens is 484 g/mol. The molecule has 2 heterocycles. The molecule has 0 bridgehead atoms. The predicted octanol–water partition coefficient (Wildman–Crippen LogP) is 4.93. The number of thioether (sulfide) groups is 1. The van der Waals surface area contributed by atoms with Crippen molar-refractivity contribution < 1.29 is 19.1 Å². The molecule has 3 aromatic rings. The highest BCUT2D eigenvalue weighted by atomic mass is 32.2. The summed E-state index contributed by atoms with van der Waals surface area (Å²) in [6.45, 7) is 4.06. The number of hydrogen-bond donors (Lipinski definition) is 2. The number of nitrogens with one attached hydrogen (secondary N) is 2. The number of amides is 1. The predicted molar refractivity (Wildman–Crippen MR) is 139 cm³/mol. The number of carbonyl (C=O) groups is 2. The Hall–Kier alpha value is -3.50. The van der Waals surface area contributed by atoms with Crippen molar-refractivity contribution >= 4 is 51.6 Å². The third-order valence-electron chi connectivity index (χ3n) is 5.00. The molecule has 1 fully saturated rings. The summed E-state index contributed by atoms with van der Waals surface area (Å²) in [4.78, 5) is 25.7. The van der Waals surface area contributed by atoms with E-state index in [2.05, 4.69) is 15.5 Å². The second kappa shape index (κ2) is 11.3. The summed E-state index contributed by atoms with van der Waals surface area (Å²) in [6, 6.07) is 14.4. The fourth-order valence-electron chi connectivity index (χ4n) is 3.36. The van der Waals surface area contributed by atoms with Crippen molar-refractivity contribution in [1.29, 1.82) is 5.41 Å². The molecule has 0 radical (unpaired) electrons. The largest absolute Gasteiger partial charge is 0.490 e. The van der Waals surface area contributed by atoms with E-state index < -0.39 is 5.92 Å². The number of ether oxygens (including phenoxy) is 2. The lowest BCUT2D eigenvalue weighted by Crippen LogP contribution is -2.20. The summed E-state index contributed by atoms with van der Waals surface area (Å²) < 4.78 is 11.4. The van der Waals surface area contributed by atoms with Gasteiger partial charge in [-0.2, -0.15) is 0 Å². The fraction of sp³-hybridized carbons (Fsp3) is 0.240. The summed E-state index contributed by atoms with van der Waals surface area (Å²) in [6.07, 6.45) is 2.47. The molecule has 180 valence electrons. The van der Waals surface area contributed by atoms with E-state index in [1.165, 1.54) is 11.3 Å². The van der Waals surface area contributed by atoms with Gasteiger partial charge in [0.2, 0.25) is 0 Å². The number of carbonyl (C=O) groups excluding carboxylic acids is 2. The maximum absolute atomic E-state index is 13.0. The highest BCUT2D eigenvalue weighted by molar-refractivity contribution is 8.19. The summed E-state index contributed by atoms with van der Waals surface area (Å²) in [5.74, 6) is -0.247. The van der Waals surface area contributed by atoms with Crippen molar-refractivity contribution in [3.63, 3.8) is 0 Å². The molecule has 0 spiro atoms. The van der Waals surface area contributed by atoms with Gasteiger partial charge in [-0.3, -0.25) is 15.0 Å². The minimum atomic E-state index is -0.693. The van der Waals surface area contributed by atoms with E-state index in [0.29, 0.717) is 33.7 Å². The molecule has 1 atom stereocenters. The van der Waals surface area contributed by atoms with Crippen LogP contribution in [0.25, 0.3) is 6.08 Å². The molecule has 10 heteroatoms. The van der Waals surface area contributed by atoms with Gasteiger partial charge in [-0.15, -0.1) is 21.5 Å². The van der Waals surface area contributed by atoms with Crippen molar-refractivity contribution in [3.05, 3.63) is 69.0 Å². The Morgan fingerprint density at radius 1 is 1.11 bits per heavy atom. The zero-order chi connectivity index (χ0) is 24.8. The SMILES string of the molecule is CCOc1cc(/C=C2\SC(=N)[C@H](c3nnc(CC)s3)C2=O)ccc1OCC(=O)Nc1ccccc1. The summed E-state index contributed by atoms with van der Waals surface area (Å²) in [7, 11) is 0. The average Bonchev–Trinajstić information content (AvgIpc) is 3.43. The molecule has 1 aliphatic heterocycles. The van der Waals surface area contributed by atoms with Gasteiger partial charge in [0.15, 0.2) is 23.9 Å². The molecule has 8 nitrogen and oxygen atoms in total. The first kappa shape index (κ1) is 24.6. The summed E-state index contributed by atoms with van der Waals surface area (Å²) >= 11 is 2.51. The van der Waals surface area contributed by atoms with E-state index in [1.54, 1.807) is 36.4 Å². The number of nitrogens with zero attached hydrogens (tertiary/aromatic N) is 2. The Balaban J connectivity index is 1.47. The van der Waals surface area contributed by atoms with Crippen LogP contribution in [0.2, 0.25) is 0 Å². The molecule has 2 aromatic carbocycles. The van der Waals surface area contributed by atoms with Gasteiger partial charge < -0.3 is 14.8 Å². The molecule has 1 amide bonds. The zero-order valence-electron chi connectivity index (χ0n) is 19.2. The Morgan fingerprint density at radius 3 is 2.63 bits per heavy atom. The van der Waals surface area contributed by atoms with Crippen molar-refractivity contribution in [2.45, 2.75) is 26.2 Å². The molecule has 0 aliphatic carbocycles. The second-order valence-corrected chi connectivity index (χ2v) is 9.68. The second-order valence-electron chi connectivity index (χ2n) is 7.50. The minimum absolute atomic E-state index is 0.158. The van der Waals surface area contributed by atoms with Crippen LogP contribution >= 0.6 is 23.1 Å². The monoisotopic (exact) mass is 508 g/mol. The van der Waals surface area contributed by atoms with E-state index in [1.807, 2.05) is 32.0 Å². The van der Waals surface area contributed by atoms with Crippen molar-refractivity contribution in [2.24, 2.45) is 0 Å². The number of hydrogen-bond acceptors (Lipinski definition) is 9. The first-order chi connectivity index (χ1) is 17.0. The van der Waals surface area contributed by atoms with Crippen LogP contribution in [0.1, 0.15) is 35.3 Å². The molecule has 4 rings (SSSR count). The Morgan fingerprint density at radius 2 is 1.91 bits per heavy atom. The van der Waals surface area contributed by atoms with Gasteiger partial charge >= 0.3 is 0 Å². The lowest BCUT2D eigenvalue weighted by atomic mass is 10.1. The van der Waals surface area contributed by atoms with Gasteiger partial charge in [-0.05, 0) is 49.2 Å². The lowest BCUT2D eigenvalue weighted by molar-refractivity contribution is -0.118. The van der Waals surface area contributed by atoms with Crippen LogP contribution in [-0.4, -0.2) is 40.1 Å². The van der Waals surface area contributed by atoms with Crippen molar-refractivity contribution in [1.82, 2.24) is 10.2 Å². The number of anilines is 1. The van der Waals surface area contributed by atoms with E-state index in [9.17, 15) is 9.59 Å². The molecule has 1 saturated heterocycles. The third kappa shape index (κ3) is 5.95. The number of rotatable bonds is 9. The van der Waals surface area contributed by atoms with E-state index in [4.69, 9.17) is 14.9 Å². The number of aryl methyl sites for hydroxylation is 1. The van der Waals surface area contributed by atoms with Gasteiger partial charge in [0.05, 0.1) is 16.6 Å². The maximum Gasteiger partial charge on any atom is 0.262 e. The first-order valence-electron chi connectivity index (χ1n) is 11.1. The zero-order valence-corrected chi connectivity index (χ0v) is 20.9. The molecule has 1 aliphatic rings. The number of ketones is 1. The molecule has 0 unspecified atom stereocenters. The van der Waals surface area contributed by atoms with Gasteiger partial charge in [-0.1, -0.05) is 43.0 Å². The van der Waals surface area contributed by atoms with Gasteiger partial charge in [-0.25, -0.2) is 0 Å². The number of Topliss-reactive ketones (excluding diaryl/α,β-unsaturated/α-hetero) is 1.